The van der Waals surface area contributed by atoms with Crippen molar-refractivity contribution in [3.8, 4) is 0 Å². The third kappa shape index (κ3) is 3.96. The first-order valence-electron chi connectivity index (χ1n) is 4.79. The van der Waals surface area contributed by atoms with Gasteiger partial charge in [0.2, 0.25) is 0 Å². The molecule has 0 amide bonds. The summed E-state index contributed by atoms with van der Waals surface area (Å²) in [6, 6.07) is 2.35. The summed E-state index contributed by atoms with van der Waals surface area (Å²) in [4.78, 5) is 0. The van der Waals surface area contributed by atoms with Crippen LogP contribution in [-0.2, 0) is 4.74 Å². The molecule has 0 aliphatic heterocycles. The zero-order valence-electron chi connectivity index (χ0n) is 8.55. The number of hydrogen-bond donors (Lipinski definition) is 1. The van der Waals surface area contributed by atoms with Crippen molar-refractivity contribution in [2.45, 2.75) is 19.9 Å². The van der Waals surface area contributed by atoms with Gasteiger partial charge < -0.3 is 10.1 Å². The van der Waals surface area contributed by atoms with Crippen LogP contribution in [0.25, 0.3) is 0 Å². The highest BCUT2D eigenvalue weighted by atomic mass is 35.5. The third-order valence-electron chi connectivity index (χ3n) is 1.99. The van der Waals surface area contributed by atoms with Crippen LogP contribution in [0.2, 0.25) is 4.34 Å². The van der Waals surface area contributed by atoms with Crippen LogP contribution in [0.4, 0.5) is 0 Å². The fourth-order valence-electron chi connectivity index (χ4n) is 1.16. The largest absolute Gasteiger partial charge is 0.380 e. The lowest BCUT2D eigenvalue weighted by Crippen LogP contribution is -2.22. The van der Waals surface area contributed by atoms with Crippen molar-refractivity contribution in [3.05, 3.63) is 21.3 Å². The highest BCUT2D eigenvalue weighted by molar-refractivity contribution is 7.14. The van der Waals surface area contributed by atoms with Crippen molar-refractivity contribution in [1.82, 2.24) is 5.32 Å². The topological polar surface area (TPSA) is 21.3 Å². The maximum atomic E-state index is 5.85. The molecule has 0 aliphatic carbocycles. The molecule has 2 nitrogen and oxygen atoms in total. The second kappa shape index (κ2) is 6.40. The van der Waals surface area contributed by atoms with E-state index in [1.54, 1.807) is 11.3 Å². The average molecular weight is 234 g/mol. The smallest absolute Gasteiger partial charge is 0.0931 e. The fourth-order valence-corrected chi connectivity index (χ4v) is 2.14. The molecule has 80 valence electrons. The predicted octanol–water partition coefficient (Wildman–Crippen LogP) is 3.09. The van der Waals surface area contributed by atoms with Gasteiger partial charge in [-0.05, 0) is 30.9 Å². The minimum Gasteiger partial charge on any atom is -0.380 e. The van der Waals surface area contributed by atoms with Crippen molar-refractivity contribution in [2.24, 2.45) is 0 Å². The Morgan fingerprint density at radius 3 is 3.00 bits per heavy atom. The molecule has 1 atom stereocenters. The number of rotatable bonds is 6. The highest BCUT2D eigenvalue weighted by Gasteiger charge is 2.05. The molecular formula is C10H16ClNOS. The summed E-state index contributed by atoms with van der Waals surface area (Å²) >= 11 is 7.42. The molecule has 0 radical (unpaired) electrons. The van der Waals surface area contributed by atoms with Gasteiger partial charge in [-0.1, -0.05) is 11.6 Å². The molecule has 0 spiro atoms. The van der Waals surface area contributed by atoms with Crippen LogP contribution < -0.4 is 5.32 Å². The van der Waals surface area contributed by atoms with Gasteiger partial charge in [-0.3, -0.25) is 0 Å². The summed E-state index contributed by atoms with van der Waals surface area (Å²) < 4.78 is 6.08. The van der Waals surface area contributed by atoms with E-state index in [0.29, 0.717) is 6.04 Å². The van der Waals surface area contributed by atoms with Crippen LogP contribution in [-0.4, -0.2) is 19.8 Å². The summed E-state index contributed by atoms with van der Waals surface area (Å²) in [5.41, 5.74) is 1.25. The summed E-state index contributed by atoms with van der Waals surface area (Å²) in [5, 5.41) is 5.45. The SMILES string of the molecule is CCOCCNC(C)c1csc(Cl)c1. The first kappa shape index (κ1) is 12.0. The summed E-state index contributed by atoms with van der Waals surface area (Å²) in [6.07, 6.45) is 0. The zero-order chi connectivity index (χ0) is 10.4. The van der Waals surface area contributed by atoms with Gasteiger partial charge in [0.05, 0.1) is 10.9 Å². The van der Waals surface area contributed by atoms with Gasteiger partial charge in [-0.25, -0.2) is 0 Å². The molecule has 0 saturated heterocycles. The van der Waals surface area contributed by atoms with E-state index in [2.05, 4.69) is 17.6 Å². The lowest BCUT2D eigenvalue weighted by Gasteiger charge is -2.11. The molecule has 1 heterocycles. The highest BCUT2D eigenvalue weighted by Crippen LogP contribution is 2.24. The molecule has 14 heavy (non-hydrogen) atoms. The van der Waals surface area contributed by atoms with Gasteiger partial charge in [-0.2, -0.15) is 0 Å². The Morgan fingerprint density at radius 1 is 1.64 bits per heavy atom. The predicted molar refractivity (Wildman–Crippen MR) is 62.2 cm³/mol. The van der Waals surface area contributed by atoms with E-state index in [9.17, 15) is 0 Å². The molecule has 0 fully saturated rings. The Kier molecular flexibility index (Phi) is 5.48. The average Bonchev–Trinajstić information content (AvgIpc) is 2.59. The lowest BCUT2D eigenvalue weighted by atomic mass is 10.2. The van der Waals surface area contributed by atoms with Crippen molar-refractivity contribution in [1.29, 1.82) is 0 Å². The minimum atomic E-state index is 0.346. The molecule has 1 unspecified atom stereocenters. The molecule has 0 bridgehead atoms. The quantitative estimate of drug-likeness (QED) is 0.763. The van der Waals surface area contributed by atoms with Crippen LogP contribution in [0.15, 0.2) is 11.4 Å². The summed E-state index contributed by atoms with van der Waals surface area (Å²) in [6.45, 7) is 6.55. The van der Waals surface area contributed by atoms with E-state index in [4.69, 9.17) is 16.3 Å². The Hall–Kier alpha value is -0.0900. The monoisotopic (exact) mass is 233 g/mol. The maximum Gasteiger partial charge on any atom is 0.0931 e. The molecule has 1 aromatic heterocycles. The lowest BCUT2D eigenvalue weighted by molar-refractivity contribution is 0.147. The first-order valence-corrected chi connectivity index (χ1v) is 6.05. The van der Waals surface area contributed by atoms with Gasteiger partial charge >= 0.3 is 0 Å². The number of hydrogen-bond acceptors (Lipinski definition) is 3. The van der Waals surface area contributed by atoms with Crippen molar-refractivity contribution < 1.29 is 4.74 Å². The molecule has 0 saturated carbocycles. The van der Waals surface area contributed by atoms with Crippen LogP contribution in [0, 0.1) is 0 Å². The Balaban J connectivity index is 2.25. The third-order valence-corrected chi connectivity index (χ3v) is 3.10. The van der Waals surface area contributed by atoms with Crippen molar-refractivity contribution in [3.63, 3.8) is 0 Å². The second-order valence-electron chi connectivity index (χ2n) is 3.06. The molecule has 0 aromatic carbocycles. The van der Waals surface area contributed by atoms with Crippen LogP contribution >= 0.6 is 22.9 Å². The molecular weight excluding hydrogens is 218 g/mol. The standard InChI is InChI=1S/C10H16ClNOS/c1-3-13-5-4-12-8(2)9-6-10(11)14-7-9/h6-8,12H,3-5H2,1-2H3. The van der Waals surface area contributed by atoms with Gasteiger partial charge in [-0.15, -0.1) is 11.3 Å². The van der Waals surface area contributed by atoms with Crippen molar-refractivity contribution >= 4 is 22.9 Å². The molecule has 1 aromatic rings. The summed E-state index contributed by atoms with van der Waals surface area (Å²) in [7, 11) is 0. The van der Waals surface area contributed by atoms with E-state index in [-0.39, 0.29) is 0 Å². The normalized spacial score (nSPS) is 13.1. The van der Waals surface area contributed by atoms with E-state index in [1.165, 1.54) is 5.56 Å². The summed E-state index contributed by atoms with van der Waals surface area (Å²) in [5.74, 6) is 0. The van der Waals surface area contributed by atoms with Crippen LogP contribution in [0.1, 0.15) is 25.5 Å². The Labute approximate surface area is 94.2 Å². The fraction of sp³-hybridized carbons (Fsp3) is 0.600. The van der Waals surface area contributed by atoms with Gasteiger partial charge in [0.25, 0.3) is 0 Å². The first-order chi connectivity index (χ1) is 6.74. The number of halogens is 1. The number of thiophene rings is 1. The maximum absolute atomic E-state index is 5.85. The van der Waals surface area contributed by atoms with Gasteiger partial charge in [0.1, 0.15) is 0 Å². The Bertz CT molecular complexity index is 264. The molecule has 1 N–H and O–H groups in total. The van der Waals surface area contributed by atoms with E-state index in [0.717, 1.165) is 24.1 Å². The minimum absolute atomic E-state index is 0.346. The molecule has 4 heteroatoms. The number of ether oxygens (including phenoxy) is 1. The molecule has 1 rings (SSSR count). The van der Waals surface area contributed by atoms with Crippen molar-refractivity contribution in [2.75, 3.05) is 19.8 Å². The van der Waals surface area contributed by atoms with Gasteiger partial charge in [0.15, 0.2) is 0 Å². The van der Waals surface area contributed by atoms with E-state index < -0.39 is 0 Å². The molecule has 0 aliphatic rings. The Morgan fingerprint density at radius 2 is 2.43 bits per heavy atom. The van der Waals surface area contributed by atoms with E-state index in [1.807, 2.05) is 13.0 Å². The number of nitrogens with one attached hydrogen (secondary N) is 1. The van der Waals surface area contributed by atoms with E-state index >= 15 is 0 Å². The van der Waals surface area contributed by atoms with Crippen LogP contribution in [0.3, 0.4) is 0 Å². The van der Waals surface area contributed by atoms with Gasteiger partial charge in [0, 0.05) is 19.2 Å². The zero-order valence-corrected chi connectivity index (χ0v) is 10.1. The van der Waals surface area contributed by atoms with Crippen LogP contribution in [0.5, 0.6) is 0 Å². The second-order valence-corrected chi connectivity index (χ2v) is 4.60.